The first-order valence-electron chi connectivity index (χ1n) is 11.4. The van der Waals surface area contributed by atoms with Crippen molar-refractivity contribution in [1.29, 1.82) is 0 Å². The van der Waals surface area contributed by atoms with Crippen LogP contribution in [-0.2, 0) is 11.3 Å². The quantitative estimate of drug-likeness (QED) is 0.471. The van der Waals surface area contributed by atoms with Gasteiger partial charge < -0.3 is 0 Å². The van der Waals surface area contributed by atoms with Crippen LogP contribution in [0.3, 0.4) is 0 Å². The number of benzene rings is 3. The molecule has 3 aromatic carbocycles. The van der Waals surface area contributed by atoms with E-state index in [4.69, 9.17) is 4.99 Å². The highest BCUT2D eigenvalue weighted by atomic mass is 32.1. The van der Waals surface area contributed by atoms with Gasteiger partial charge >= 0.3 is 6.03 Å². The molecule has 180 valence electrons. The third-order valence-electron chi connectivity index (χ3n) is 6.96. The van der Waals surface area contributed by atoms with Crippen LogP contribution in [0.25, 0.3) is 6.08 Å². The van der Waals surface area contributed by atoms with Crippen molar-refractivity contribution < 1.29 is 9.18 Å². The molecule has 4 aromatic rings. The third-order valence-corrected chi connectivity index (χ3v) is 7.93. The summed E-state index contributed by atoms with van der Waals surface area (Å²) in [6, 6.07) is 25.1. The number of aromatic nitrogens is 1. The van der Waals surface area contributed by atoms with Gasteiger partial charge in [0.15, 0.2) is 0 Å². The molecular weight excluding hydrogens is 477 g/mol. The Morgan fingerprint density at radius 2 is 1.47 bits per heavy atom. The van der Waals surface area contributed by atoms with Crippen LogP contribution in [0.5, 0.6) is 0 Å². The number of halogens is 1. The largest absolute Gasteiger partial charge is 0.324 e. The topological polar surface area (TPSA) is 69.9 Å². The van der Waals surface area contributed by atoms with Gasteiger partial charge in [-0.05, 0) is 12.1 Å². The fourth-order valence-electron chi connectivity index (χ4n) is 5.25. The lowest BCUT2D eigenvalue weighted by Gasteiger charge is -2.49. The summed E-state index contributed by atoms with van der Waals surface area (Å²) >= 11 is 1.15. The molecule has 9 heteroatoms. The Balaban J connectivity index is 1.72. The molecule has 0 unspecified atom stereocenters. The standard InChI is InChI=1S/C27H22FN5O2S/c1-31-25(35)32(2)27(20-14-7-4-8-15-20)26(31,19-12-5-3-6-13-19)29-24-33(30-27)23(34)22(36-24)17-18-11-9-10-16-21(18)28/h3-17,30H,1-2H3/b22-17+/t26-,27+/m1/s1. The highest BCUT2D eigenvalue weighted by Gasteiger charge is 2.69. The number of urea groups is 1. The predicted octanol–water partition coefficient (Wildman–Crippen LogP) is 2.76. The van der Waals surface area contributed by atoms with Crippen LogP contribution in [0, 0.1) is 5.82 Å². The van der Waals surface area contributed by atoms with Crippen LogP contribution in [0.15, 0.2) is 94.7 Å². The van der Waals surface area contributed by atoms with E-state index in [0.717, 1.165) is 22.5 Å². The first-order chi connectivity index (χ1) is 17.4. The molecule has 1 N–H and O–H groups in total. The van der Waals surface area contributed by atoms with Crippen molar-refractivity contribution in [2.24, 2.45) is 4.99 Å². The van der Waals surface area contributed by atoms with Gasteiger partial charge in [-0.25, -0.2) is 14.2 Å². The Kier molecular flexibility index (Phi) is 4.87. The van der Waals surface area contributed by atoms with Crippen LogP contribution in [0.1, 0.15) is 16.7 Å². The van der Waals surface area contributed by atoms with Gasteiger partial charge in [0.2, 0.25) is 16.1 Å². The summed E-state index contributed by atoms with van der Waals surface area (Å²) in [6.45, 7) is 0. The van der Waals surface area contributed by atoms with E-state index in [9.17, 15) is 14.0 Å². The van der Waals surface area contributed by atoms with Crippen molar-refractivity contribution in [3.63, 3.8) is 0 Å². The molecule has 2 amide bonds. The summed E-state index contributed by atoms with van der Waals surface area (Å²) in [4.78, 5) is 35.9. The van der Waals surface area contributed by atoms with Crippen LogP contribution >= 0.6 is 11.3 Å². The summed E-state index contributed by atoms with van der Waals surface area (Å²) in [5.41, 5.74) is 2.43. The molecule has 3 heterocycles. The molecule has 0 bridgehead atoms. The zero-order valence-electron chi connectivity index (χ0n) is 19.6. The molecule has 1 aromatic heterocycles. The van der Waals surface area contributed by atoms with Gasteiger partial charge in [0.25, 0.3) is 5.56 Å². The van der Waals surface area contributed by atoms with Gasteiger partial charge in [0, 0.05) is 30.8 Å². The Morgan fingerprint density at radius 3 is 2.14 bits per heavy atom. The van der Waals surface area contributed by atoms with E-state index in [1.165, 1.54) is 16.8 Å². The van der Waals surface area contributed by atoms with E-state index in [1.807, 2.05) is 60.7 Å². The Bertz CT molecular complexity index is 1670. The SMILES string of the molecule is CN1C(=O)N(C)[C@]2(c3ccccc3)Nn3c(s/c(=C/c4ccccc4F)c3=O)=N[C@]12c1ccccc1. The normalized spacial score (nSPS) is 23.2. The first kappa shape index (κ1) is 22.2. The molecule has 0 spiro atoms. The number of likely N-dealkylation sites (N-methyl/N-ethyl adjacent to an activating group) is 2. The van der Waals surface area contributed by atoms with Gasteiger partial charge in [0.05, 0.1) is 4.53 Å². The van der Waals surface area contributed by atoms with E-state index < -0.39 is 17.1 Å². The minimum absolute atomic E-state index is 0.250. The number of nitrogens with zero attached hydrogens (tertiary/aromatic N) is 4. The van der Waals surface area contributed by atoms with Crippen LogP contribution in [-0.4, -0.2) is 34.6 Å². The number of nitrogens with one attached hydrogen (secondary N) is 1. The lowest BCUT2D eigenvalue weighted by atomic mass is 9.80. The fourth-order valence-corrected chi connectivity index (χ4v) is 6.21. The average Bonchev–Trinajstić information content (AvgIpc) is 3.30. The number of hydrogen-bond donors (Lipinski definition) is 1. The number of fused-ring (bicyclic) bond motifs is 2. The molecule has 7 nitrogen and oxygen atoms in total. The number of carbonyl (C=O) groups excluding carboxylic acids is 1. The maximum atomic E-state index is 14.4. The molecule has 0 radical (unpaired) electrons. The number of amides is 2. The van der Waals surface area contributed by atoms with Crippen molar-refractivity contribution in [2.45, 2.75) is 11.3 Å². The second-order valence-electron chi connectivity index (χ2n) is 8.79. The summed E-state index contributed by atoms with van der Waals surface area (Å²) in [7, 11) is 3.42. The monoisotopic (exact) mass is 499 g/mol. The van der Waals surface area contributed by atoms with Gasteiger partial charge in [-0.2, -0.15) is 4.68 Å². The molecule has 2 aliphatic heterocycles. The lowest BCUT2D eigenvalue weighted by molar-refractivity contribution is 0.0648. The Hall–Kier alpha value is -4.24. The highest BCUT2D eigenvalue weighted by Crippen LogP contribution is 2.53. The third kappa shape index (κ3) is 2.80. The number of thiazole rings is 1. The molecule has 0 saturated carbocycles. The number of hydrogen-bond acceptors (Lipinski definition) is 5. The summed E-state index contributed by atoms with van der Waals surface area (Å²) in [5, 5.41) is 0. The van der Waals surface area contributed by atoms with Gasteiger partial charge in [0.1, 0.15) is 5.82 Å². The Morgan fingerprint density at radius 1 is 0.861 bits per heavy atom. The average molecular weight is 500 g/mol. The zero-order valence-corrected chi connectivity index (χ0v) is 20.4. The second kappa shape index (κ2) is 7.89. The predicted molar refractivity (Wildman–Crippen MR) is 136 cm³/mol. The van der Waals surface area contributed by atoms with Gasteiger partial charge in [-0.1, -0.05) is 90.2 Å². The van der Waals surface area contributed by atoms with Crippen molar-refractivity contribution in [3.8, 4) is 0 Å². The van der Waals surface area contributed by atoms with E-state index >= 15 is 0 Å². The Labute approximate surface area is 210 Å². The van der Waals surface area contributed by atoms with E-state index in [1.54, 1.807) is 42.1 Å². The van der Waals surface area contributed by atoms with Crippen molar-refractivity contribution in [3.05, 3.63) is 127 Å². The van der Waals surface area contributed by atoms with Crippen molar-refractivity contribution >= 4 is 23.4 Å². The minimum Gasteiger partial charge on any atom is -0.295 e. The summed E-state index contributed by atoms with van der Waals surface area (Å²) < 4.78 is 16.1. The molecule has 1 fully saturated rings. The number of rotatable bonds is 3. The fraction of sp³-hybridized carbons (Fsp3) is 0.148. The summed E-state index contributed by atoms with van der Waals surface area (Å²) in [5.74, 6) is -0.415. The summed E-state index contributed by atoms with van der Waals surface area (Å²) in [6.07, 6.45) is 1.53. The van der Waals surface area contributed by atoms with E-state index in [2.05, 4.69) is 5.43 Å². The van der Waals surface area contributed by atoms with Crippen molar-refractivity contribution in [1.82, 2.24) is 14.5 Å². The van der Waals surface area contributed by atoms with E-state index in [-0.39, 0.29) is 11.6 Å². The molecule has 2 aliphatic rings. The minimum atomic E-state index is -1.24. The lowest BCUT2D eigenvalue weighted by Crippen LogP contribution is -2.67. The molecule has 1 saturated heterocycles. The van der Waals surface area contributed by atoms with Crippen LogP contribution < -0.4 is 20.3 Å². The molecule has 2 atom stereocenters. The van der Waals surface area contributed by atoms with Gasteiger partial charge in [-0.3, -0.25) is 20.0 Å². The van der Waals surface area contributed by atoms with E-state index in [0.29, 0.717) is 14.9 Å². The van der Waals surface area contributed by atoms with Gasteiger partial charge in [-0.15, -0.1) is 0 Å². The molecule has 0 aliphatic carbocycles. The smallest absolute Gasteiger partial charge is 0.295 e. The maximum absolute atomic E-state index is 14.4. The van der Waals surface area contributed by atoms with Crippen LogP contribution in [0.4, 0.5) is 9.18 Å². The van der Waals surface area contributed by atoms with Crippen molar-refractivity contribution in [2.75, 3.05) is 19.5 Å². The molecule has 6 rings (SSSR count). The molecule has 36 heavy (non-hydrogen) atoms. The first-order valence-corrected chi connectivity index (χ1v) is 12.2. The van der Waals surface area contributed by atoms with Crippen LogP contribution in [0.2, 0.25) is 0 Å². The molecular formula is C27H22FN5O2S. The number of carbonyl (C=O) groups is 1. The maximum Gasteiger partial charge on any atom is 0.324 e. The second-order valence-corrected chi connectivity index (χ2v) is 9.80. The zero-order chi connectivity index (χ0) is 25.1. The highest BCUT2D eigenvalue weighted by molar-refractivity contribution is 7.07.